The van der Waals surface area contributed by atoms with Gasteiger partial charge in [-0.3, -0.25) is 0 Å². The maximum atomic E-state index is 9.69. The first-order chi connectivity index (χ1) is 8.27. The summed E-state index contributed by atoms with van der Waals surface area (Å²) in [6, 6.07) is 5.35. The highest BCUT2D eigenvalue weighted by atomic mass is 35.5. The Balaban J connectivity index is 1.80. The molecule has 5 heteroatoms. The molecule has 0 unspecified atom stereocenters. The predicted octanol–water partition coefficient (Wildman–Crippen LogP) is 2.03. The first-order valence-corrected chi connectivity index (χ1v) is 5.78. The van der Waals surface area contributed by atoms with Crippen molar-refractivity contribution in [3.63, 3.8) is 0 Å². The lowest BCUT2D eigenvalue weighted by atomic mass is 10.2. The van der Waals surface area contributed by atoms with E-state index in [1.54, 1.807) is 18.6 Å². The zero-order valence-electron chi connectivity index (χ0n) is 9.31. The molecule has 17 heavy (non-hydrogen) atoms. The summed E-state index contributed by atoms with van der Waals surface area (Å²) in [5, 5.41) is 13.3. The highest BCUT2D eigenvalue weighted by molar-refractivity contribution is 6.32. The number of halogens is 1. The normalized spacial score (nSPS) is 10.6. The molecule has 0 amide bonds. The molecule has 0 aliphatic heterocycles. The minimum absolute atomic E-state index is 0.157. The van der Waals surface area contributed by atoms with Crippen LogP contribution in [0.15, 0.2) is 36.9 Å². The SMILES string of the molecule is Oc1c(Cl)cccc1CNCCn1ccnc1. The van der Waals surface area contributed by atoms with E-state index < -0.39 is 0 Å². The Hall–Kier alpha value is -1.52. The summed E-state index contributed by atoms with van der Waals surface area (Å²) in [6.07, 6.45) is 5.44. The molecule has 2 aromatic rings. The minimum Gasteiger partial charge on any atom is -0.506 e. The number of nitrogens with zero attached hydrogens (tertiary/aromatic N) is 2. The molecule has 2 N–H and O–H groups in total. The van der Waals surface area contributed by atoms with Gasteiger partial charge in [-0.1, -0.05) is 23.7 Å². The van der Waals surface area contributed by atoms with Crippen molar-refractivity contribution in [2.24, 2.45) is 0 Å². The Morgan fingerprint density at radius 3 is 3.06 bits per heavy atom. The summed E-state index contributed by atoms with van der Waals surface area (Å²) in [7, 11) is 0. The van der Waals surface area contributed by atoms with Crippen LogP contribution in [0, 0.1) is 0 Å². The van der Waals surface area contributed by atoms with E-state index in [1.165, 1.54) is 0 Å². The molecule has 0 bridgehead atoms. The molecule has 1 aromatic carbocycles. The first kappa shape index (κ1) is 12.0. The fraction of sp³-hybridized carbons (Fsp3) is 0.250. The molecule has 2 rings (SSSR count). The third-order valence-electron chi connectivity index (χ3n) is 2.49. The van der Waals surface area contributed by atoms with Crippen molar-refractivity contribution in [1.29, 1.82) is 0 Å². The Morgan fingerprint density at radius 2 is 2.29 bits per heavy atom. The van der Waals surface area contributed by atoms with Crippen LogP contribution in [0.5, 0.6) is 5.75 Å². The van der Waals surface area contributed by atoms with Gasteiger partial charge >= 0.3 is 0 Å². The molecule has 1 heterocycles. The van der Waals surface area contributed by atoms with E-state index in [2.05, 4.69) is 10.3 Å². The molecule has 4 nitrogen and oxygen atoms in total. The van der Waals surface area contributed by atoms with E-state index in [1.807, 2.05) is 22.9 Å². The quantitative estimate of drug-likeness (QED) is 0.800. The number of hydrogen-bond donors (Lipinski definition) is 2. The van der Waals surface area contributed by atoms with Crippen molar-refractivity contribution in [2.75, 3.05) is 6.54 Å². The van der Waals surface area contributed by atoms with E-state index in [0.29, 0.717) is 11.6 Å². The molecule has 0 atom stereocenters. The van der Waals surface area contributed by atoms with Crippen molar-refractivity contribution < 1.29 is 5.11 Å². The maximum absolute atomic E-state index is 9.69. The Morgan fingerprint density at radius 1 is 1.41 bits per heavy atom. The molecule has 0 spiro atoms. The zero-order chi connectivity index (χ0) is 12.1. The third kappa shape index (κ3) is 3.22. The summed E-state index contributed by atoms with van der Waals surface area (Å²) in [4.78, 5) is 3.96. The van der Waals surface area contributed by atoms with Crippen LogP contribution in [-0.4, -0.2) is 21.2 Å². The first-order valence-electron chi connectivity index (χ1n) is 5.40. The Bertz CT molecular complexity index is 471. The molecule has 0 radical (unpaired) electrons. The van der Waals surface area contributed by atoms with Gasteiger partial charge in [0.25, 0.3) is 0 Å². The second-order valence-electron chi connectivity index (χ2n) is 3.72. The van der Waals surface area contributed by atoms with E-state index >= 15 is 0 Å². The fourth-order valence-electron chi connectivity index (χ4n) is 1.55. The summed E-state index contributed by atoms with van der Waals surface area (Å²) in [5.74, 6) is 0.157. The summed E-state index contributed by atoms with van der Waals surface area (Å²) < 4.78 is 1.99. The zero-order valence-corrected chi connectivity index (χ0v) is 10.1. The van der Waals surface area contributed by atoms with Crippen molar-refractivity contribution >= 4 is 11.6 Å². The van der Waals surface area contributed by atoms with E-state index in [4.69, 9.17) is 11.6 Å². The molecular weight excluding hydrogens is 238 g/mol. The van der Waals surface area contributed by atoms with Crippen LogP contribution in [0.3, 0.4) is 0 Å². The number of imidazole rings is 1. The predicted molar refractivity (Wildman–Crippen MR) is 67.1 cm³/mol. The van der Waals surface area contributed by atoms with E-state index in [-0.39, 0.29) is 5.75 Å². The fourth-order valence-corrected chi connectivity index (χ4v) is 1.75. The topological polar surface area (TPSA) is 50.1 Å². The smallest absolute Gasteiger partial charge is 0.138 e. The highest BCUT2D eigenvalue weighted by Crippen LogP contribution is 2.26. The number of nitrogens with one attached hydrogen (secondary N) is 1. The number of aromatic hydroxyl groups is 1. The van der Waals surface area contributed by atoms with Crippen molar-refractivity contribution in [2.45, 2.75) is 13.1 Å². The summed E-state index contributed by atoms with van der Waals surface area (Å²) >= 11 is 5.82. The molecule has 0 aliphatic rings. The molecular formula is C12H14ClN3O. The van der Waals surface area contributed by atoms with Gasteiger partial charge in [0.05, 0.1) is 11.3 Å². The van der Waals surface area contributed by atoms with Crippen molar-refractivity contribution in [1.82, 2.24) is 14.9 Å². The number of phenolic OH excluding ortho intramolecular Hbond substituents is 1. The summed E-state index contributed by atoms with van der Waals surface area (Å²) in [5.41, 5.74) is 0.808. The van der Waals surface area contributed by atoms with Crippen LogP contribution in [-0.2, 0) is 13.1 Å². The van der Waals surface area contributed by atoms with Gasteiger partial charge in [-0.25, -0.2) is 4.98 Å². The average molecular weight is 252 g/mol. The van der Waals surface area contributed by atoms with Gasteiger partial charge in [0.2, 0.25) is 0 Å². The number of benzene rings is 1. The van der Waals surface area contributed by atoms with Crippen LogP contribution >= 0.6 is 11.6 Å². The molecule has 0 aliphatic carbocycles. The van der Waals surface area contributed by atoms with Crippen molar-refractivity contribution in [3.05, 3.63) is 47.5 Å². The second-order valence-corrected chi connectivity index (χ2v) is 4.13. The number of phenols is 1. The molecule has 90 valence electrons. The molecule has 0 fully saturated rings. The monoisotopic (exact) mass is 251 g/mol. The van der Waals surface area contributed by atoms with Gasteiger partial charge in [0, 0.05) is 37.6 Å². The van der Waals surface area contributed by atoms with Gasteiger partial charge < -0.3 is 15.0 Å². The number of aromatic nitrogens is 2. The lowest BCUT2D eigenvalue weighted by Crippen LogP contribution is -2.19. The number of para-hydroxylation sites is 1. The average Bonchev–Trinajstić information content (AvgIpc) is 2.83. The van der Waals surface area contributed by atoms with E-state index in [9.17, 15) is 5.11 Å². The van der Waals surface area contributed by atoms with Gasteiger partial charge in [-0.2, -0.15) is 0 Å². The number of hydrogen-bond acceptors (Lipinski definition) is 3. The second kappa shape index (κ2) is 5.70. The van der Waals surface area contributed by atoms with Gasteiger partial charge in [-0.15, -0.1) is 0 Å². The van der Waals surface area contributed by atoms with Crippen molar-refractivity contribution in [3.8, 4) is 5.75 Å². The van der Waals surface area contributed by atoms with Crippen LogP contribution in [0.25, 0.3) is 0 Å². The largest absolute Gasteiger partial charge is 0.506 e. The van der Waals surface area contributed by atoms with Gasteiger partial charge in [-0.05, 0) is 6.07 Å². The minimum atomic E-state index is 0.157. The Kier molecular flexibility index (Phi) is 4.01. The lowest BCUT2D eigenvalue weighted by Gasteiger charge is -2.08. The maximum Gasteiger partial charge on any atom is 0.138 e. The highest BCUT2D eigenvalue weighted by Gasteiger charge is 2.03. The number of rotatable bonds is 5. The van der Waals surface area contributed by atoms with Crippen LogP contribution < -0.4 is 5.32 Å². The van der Waals surface area contributed by atoms with Crippen LogP contribution in [0.1, 0.15) is 5.56 Å². The van der Waals surface area contributed by atoms with E-state index in [0.717, 1.165) is 18.7 Å². The lowest BCUT2D eigenvalue weighted by molar-refractivity contribution is 0.463. The molecule has 0 saturated heterocycles. The third-order valence-corrected chi connectivity index (χ3v) is 2.80. The standard InChI is InChI=1S/C12H14ClN3O/c13-11-3-1-2-10(12(11)17)8-14-4-6-16-7-5-15-9-16/h1-3,5,7,9,14,17H,4,6,8H2. The van der Waals surface area contributed by atoms with Crippen LogP contribution in [0.2, 0.25) is 5.02 Å². The van der Waals surface area contributed by atoms with Crippen LogP contribution in [0.4, 0.5) is 0 Å². The molecule has 1 aromatic heterocycles. The van der Waals surface area contributed by atoms with Gasteiger partial charge in [0.1, 0.15) is 5.75 Å². The van der Waals surface area contributed by atoms with Gasteiger partial charge in [0.15, 0.2) is 0 Å². The summed E-state index contributed by atoms with van der Waals surface area (Å²) in [6.45, 7) is 2.25. The Labute approximate surface area is 105 Å². The molecule has 0 saturated carbocycles.